The smallest absolute Gasteiger partial charge is 0.273 e. The van der Waals surface area contributed by atoms with Crippen molar-refractivity contribution in [2.45, 2.75) is 78.1 Å². The first-order valence-electron chi connectivity index (χ1n) is 8.38. The molecule has 0 aromatic rings. The van der Waals surface area contributed by atoms with Crippen LogP contribution in [0.25, 0.3) is 0 Å². The third-order valence-electron chi connectivity index (χ3n) is 3.68. The van der Waals surface area contributed by atoms with Gasteiger partial charge in [0, 0.05) is 0 Å². The molecule has 0 nitrogen and oxygen atoms in total. The first kappa shape index (κ1) is 20.8. The van der Waals surface area contributed by atoms with Crippen molar-refractivity contribution in [3.05, 3.63) is 47.6 Å². The molecule has 0 N–H and O–H groups in total. The van der Waals surface area contributed by atoms with Crippen molar-refractivity contribution in [2.75, 3.05) is 0 Å². The quantitative estimate of drug-likeness (QED) is 0.341. The number of unbranched alkanes of at least 4 members (excludes halogenated alkanes) is 4. The molecular weight excluding hydrogens is 331 g/mol. The molecular formula is C20H30Zr. The molecule has 0 unspecified atom stereocenters. The summed E-state index contributed by atoms with van der Waals surface area (Å²) in [5, 5.41) is 0. The third kappa shape index (κ3) is 11.1. The van der Waals surface area contributed by atoms with Crippen LogP contribution in [0.15, 0.2) is 35.5 Å². The van der Waals surface area contributed by atoms with Gasteiger partial charge < -0.3 is 0 Å². The molecule has 0 aliphatic heterocycles. The summed E-state index contributed by atoms with van der Waals surface area (Å²) in [6.45, 7) is 4.48. The second kappa shape index (κ2) is 14.8. The van der Waals surface area contributed by atoms with E-state index >= 15 is 0 Å². The minimum absolute atomic E-state index is 0. The van der Waals surface area contributed by atoms with Gasteiger partial charge >= 0.3 is 26.2 Å². The summed E-state index contributed by atoms with van der Waals surface area (Å²) < 4.78 is 0. The van der Waals surface area contributed by atoms with Crippen LogP contribution in [0.2, 0.25) is 0 Å². The van der Waals surface area contributed by atoms with E-state index in [-0.39, 0.29) is 26.2 Å². The average molecular weight is 362 g/mol. The molecule has 0 heterocycles. The minimum atomic E-state index is 0. The molecule has 0 radical (unpaired) electrons. The Bertz CT molecular complexity index is 322. The normalized spacial score (nSPS) is 15.1. The van der Waals surface area contributed by atoms with Crippen LogP contribution in [0.5, 0.6) is 0 Å². The zero-order chi connectivity index (χ0) is 14.5. The maximum Gasteiger partial charge on any atom is 2.00 e. The van der Waals surface area contributed by atoms with Crippen molar-refractivity contribution < 1.29 is 26.2 Å². The minimum Gasteiger partial charge on any atom is -0.273 e. The first-order valence-corrected chi connectivity index (χ1v) is 8.38. The van der Waals surface area contributed by atoms with Crippen LogP contribution in [0.1, 0.15) is 78.1 Å². The van der Waals surface area contributed by atoms with Gasteiger partial charge in [-0.05, 0) is 0 Å². The molecule has 21 heavy (non-hydrogen) atoms. The molecule has 0 atom stereocenters. The molecule has 2 rings (SSSR count). The van der Waals surface area contributed by atoms with Crippen molar-refractivity contribution in [2.24, 2.45) is 0 Å². The van der Waals surface area contributed by atoms with Gasteiger partial charge in [0.2, 0.25) is 0 Å². The molecule has 1 heteroatoms. The second-order valence-electron chi connectivity index (χ2n) is 5.58. The molecule has 0 bridgehead atoms. The van der Waals surface area contributed by atoms with Crippen molar-refractivity contribution >= 4 is 0 Å². The van der Waals surface area contributed by atoms with Crippen molar-refractivity contribution in [1.82, 2.24) is 0 Å². The summed E-state index contributed by atoms with van der Waals surface area (Å²) in [6.07, 6.45) is 27.9. The van der Waals surface area contributed by atoms with Gasteiger partial charge in [0.05, 0.1) is 0 Å². The summed E-state index contributed by atoms with van der Waals surface area (Å²) in [5.74, 6) is 0. The predicted molar refractivity (Wildman–Crippen MR) is 89.3 cm³/mol. The molecule has 0 amide bonds. The van der Waals surface area contributed by atoms with E-state index in [1.165, 1.54) is 62.5 Å². The largest absolute Gasteiger partial charge is 2.00 e. The third-order valence-corrected chi connectivity index (χ3v) is 3.68. The van der Waals surface area contributed by atoms with Crippen LogP contribution in [0.4, 0.5) is 0 Å². The van der Waals surface area contributed by atoms with E-state index < -0.39 is 0 Å². The molecule has 0 saturated heterocycles. The fraction of sp³-hybridized carbons (Fsp3) is 0.600. The maximum absolute atomic E-state index is 3.18. The van der Waals surface area contributed by atoms with E-state index in [9.17, 15) is 0 Å². The first-order chi connectivity index (χ1) is 9.86. The fourth-order valence-corrected chi connectivity index (χ4v) is 2.38. The van der Waals surface area contributed by atoms with Crippen LogP contribution in [0, 0.1) is 12.2 Å². The Morgan fingerprint density at radius 1 is 0.762 bits per heavy atom. The number of hydrogen-bond acceptors (Lipinski definition) is 0. The van der Waals surface area contributed by atoms with Gasteiger partial charge in [0.15, 0.2) is 0 Å². The zero-order valence-electron chi connectivity index (χ0n) is 13.9. The van der Waals surface area contributed by atoms with Crippen LogP contribution < -0.4 is 0 Å². The van der Waals surface area contributed by atoms with Crippen molar-refractivity contribution in [1.29, 1.82) is 0 Å². The Labute approximate surface area is 151 Å². The summed E-state index contributed by atoms with van der Waals surface area (Å²) in [4.78, 5) is 0. The van der Waals surface area contributed by atoms with Crippen molar-refractivity contribution in [3.8, 4) is 0 Å². The summed E-state index contributed by atoms with van der Waals surface area (Å²) >= 11 is 0. The predicted octanol–water partition coefficient (Wildman–Crippen LogP) is 6.51. The maximum atomic E-state index is 3.18. The van der Waals surface area contributed by atoms with E-state index in [1.807, 2.05) is 0 Å². The Kier molecular flexibility index (Phi) is 14.7. The molecule has 114 valence electrons. The van der Waals surface area contributed by atoms with Crippen LogP contribution in [0.3, 0.4) is 0 Å². The van der Waals surface area contributed by atoms with Gasteiger partial charge in [0.1, 0.15) is 0 Å². The summed E-state index contributed by atoms with van der Waals surface area (Å²) in [5.41, 5.74) is 2.99. The Balaban J connectivity index is 0.000000364. The van der Waals surface area contributed by atoms with Crippen molar-refractivity contribution in [3.63, 3.8) is 0 Å². The molecule has 0 fully saturated rings. The van der Waals surface area contributed by atoms with Crippen LogP contribution in [-0.2, 0) is 26.2 Å². The van der Waals surface area contributed by atoms with Crippen LogP contribution >= 0.6 is 0 Å². The summed E-state index contributed by atoms with van der Waals surface area (Å²) in [7, 11) is 0. The van der Waals surface area contributed by atoms with Gasteiger partial charge in [-0.15, -0.1) is 12.8 Å². The summed E-state index contributed by atoms with van der Waals surface area (Å²) in [6, 6.07) is 0. The van der Waals surface area contributed by atoms with Gasteiger partial charge in [-0.2, -0.15) is 12.2 Å². The fourth-order valence-electron chi connectivity index (χ4n) is 2.38. The van der Waals surface area contributed by atoms with E-state index in [1.54, 1.807) is 0 Å². The van der Waals surface area contributed by atoms with Crippen LogP contribution in [-0.4, -0.2) is 0 Å². The standard InChI is InChI=1S/2C10H15.Zr/c2*1-2-3-4-7-10-8-5-6-9-10;/h2*8-9H,2-5,7H2,1H3;/q2*-1;+2. The van der Waals surface area contributed by atoms with Gasteiger partial charge in [-0.3, -0.25) is 12.2 Å². The monoisotopic (exact) mass is 360 g/mol. The molecule has 2 aliphatic rings. The average Bonchev–Trinajstić information content (AvgIpc) is 3.13. The number of allylic oxidation sites excluding steroid dienone is 8. The van der Waals surface area contributed by atoms with Gasteiger partial charge in [-0.1, -0.05) is 65.2 Å². The van der Waals surface area contributed by atoms with E-state index in [0.717, 1.165) is 12.8 Å². The topological polar surface area (TPSA) is 0 Å². The molecule has 2 aliphatic carbocycles. The van der Waals surface area contributed by atoms with E-state index in [0.29, 0.717) is 0 Å². The molecule has 0 spiro atoms. The molecule has 0 aromatic heterocycles. The SMILES string of the molecule is CCCCCC1=CC[C-]=C1.CCCCCC1=CC[C-]=C1.[Zr+2]. The number of hydrogen-bond donors (Lipinski definition) is 0. The van der Waals surface area contributed by atoms with Gasteiger partial charge in [-0.25, -0.2) is 23.3 Å². The van der Waals surface area contributed by atoms with E-state index in [4.69, 9.17) is 0 Å². The zero-order valence-corrected chi connectivity index (χ0v) is 16.3. The molecule has 0 aromatic carbocycles. The second-order valence-corrected chi connectivity index (χ2v) is 5.58. The Morgan fingerprint density at radius 3 is 1.48 bits per heavy atom. The van der Waals surface area contributed by atoms with E-state index in [2.05, 4.69) is 50.3 Å². The Hall–Kier alpha value is -0.157. The van der Waals surface area contributed by atoms with Gasteiger partial charge in [0.25, 0.3) is 0 Å². The Morgan fingerprint density at radius 2 is 1.19 bits per heavy atom. The number of rotatable bonds is 8. The molecule has 0 saturated carbocycles.